The van der Waals surface area contributed by atoms with Gasteiger partial charge in [-0.15, -0.1) is 11.3 Å². The lowest BCUT2D eigenvalue weighted by molar-refractivity contribution is 0.103. The van der Waals surface area contributed by atoms with Crippen LogP contribution in [0.15, 0.2) is 40.6 Å². The third-order valence-electron chi connectivity index (χ3n) is 4.45. The van der Waals surface area contributed by atoms with Crippen molar-refractivity contribution in [3.63, 3.8) is 0 Å². The van der Waals surface area contributed by atoms with E-state index in [-0.39, 0.29) is 10.8 Å². The lowest BCUT2D eigenvalue weighted by Crippen LogP contribution is -2.37. The molecule has 8 heteroatoms. The van der Waals surface area contributed by atoms with E-state index in [0.717, 1.165) is 24.2 Å². The maximum absolute atomic E-state index is 12.7. The number of nitrogens with zero attached hydrogens (tertiary/aromatic N) is 2. The molecule has 1 aromatic carbocycles. The fourth-order valence-electron chi connectivity index (χ4n) is 2.77. The number of thiophene rings is 1. The summed E-state index contributed by atoms with van der Waals surface area (Å²) in [4.78, 5) is 12.9. The van der Waals surface area contributed by atoms with Crippen molar-refractivity contribution in [3.05, 3.63) is 46.2 Å². The zero-order valence-corrected chi connectivity index (χ0v) is 15.9. The van der Waals surface area contributed by atoms with E-state index in [1.54, 1.807) is 24.3 Å². The quantitative estimate of drug-likeness (QED) is 0.869. The van der Waals surface area contributed by atoms with Gasteiger partial charge in [0.15, 0.2) is 0 Å². The van der Waals surface area contributed by atoms with E-state index in [0.29, 0.717) is 35.1 Å². The Kier molecular flexibility index (Phi) is 5.41. The summed E-state index contributed by atoms with van der Waals surface area (Å²) < 4.78 is 27.0. The molecule has 1 amide bonds. The van der Waals surface area contributed by atoms with Gasteiger partial charge < -0.3 is 5.32 Å². The number of rotatable bonds is 4. The number of carbonyl (C=O) groups is 1. The summed E-state index contributed by atoms with van der Waals surface area (Å²) in [6.07, 6.45) is 1.71. The number of benzene rings is 1. The third-order valence-corrected chi connectivity index (χ3v) is 7.41. The number of nitriles is 1. The average Bonchev–Trinajstić information content (AvgIpc) is 3.14. The van der Waals surface area contributed by atoms with Crippen LogP contribution in [0, 0.1) is 17.2 Å². The van der Waals surface area contributed by atoms with Crippen molar-refractivity contribution >= 4 is 33.0 Å². The topological polar surface area (TPSA) is 90.3 Å². The molecule has 0 radical (unpaired) electrons. The maximum Gasteiger partial charge on any atom is 0.265 e. The van der Waals surface area contributed by atoms with Gasteiger partial charge in [0, 0.05) is 24.2 Å². The fraction of sp³-hybridized carbons (Fsp3) is 0.333. The molecule has 3 rings (SSSR count). The highest BCUT2D eigenvalue weighted by Crippen LogP contribution is 2.27. The molecule has 0 bridgehead atoms. The SMILES string of the molecule is CC1CCN(S(=O)(=O)c2csc(C(=O)Nc3ccc(C#N)cc3)c2)CC1. The Morgan fingerprint density at radius 2 is 1.92 bits per heavy atom. The standard InChI is InChI=1S/C18H19N3O3S2/c1-13-6-8-21(9-7-13)26(23,24)16-10-17(25-12-16)18(22)20-15-4-2-14(11-19)3-5-15/h2-5,10,12-13H,6-9H2,1H3,(H,20,22). The van der Waals surface area contributed by atoms with Crippen LogP contribution in [0.4, 0.5) is 5.69 Å². The van der Waals surface area contributed by atoms with Crippen LogP contribution < -0.4 is 5.32 Å². The molecule has 6 nitrogen and oxygen atoms in total. The number of anilines is 1. The number of hydrogen-bond donors (Lipinski definition) is 1. The van der Waals surface area contributed by atoms with Crippen molar-refractivity contribution < 1.29 is 13.2 Å². The number of nitrogens with one attached hydrogen (secondary N) is 1. The summed E-state index contributed by atoms with van der Waals surface area (Å²) in [5.74, 6) is 0.172. The summed E-state index contributed by atoms with van der Waals surface area (Å²) in [5, 5.41) is 13.0. The second-order valence-corrected chi connectivity index (χ2v) is 9.23. The van der Waals surface area contributed by atoms with Crippen molar-refractivity contribution in [1.82, 2.24) is 4.31 Å². The van der Waals surface area contributed by atoms with E-state index in [1.165, 1.54) is 15.8 Å². The lowest BCUT2D eigenvalue weighted by Gasteiger charge is -2.29. The number of amides is 1. The Balaban J connectivity index is 1.72. The largest absolute Gasteiger partial charge is 0.321 e. The van der Waals surface area contributed by atoms with Crippen molar-refractivity contribution in [3.8, 4) is 6.07 Å². The molecule has 2 aromatic rings. The normalized spacial score (nSPS) is 16.2. The van der Waals surface area contributed by atoms with Gasteiger partial charge in [-0.1, -0.05) is 6.92 Å². The fourth-order valence-corrected chi connectivity index (χ4v) is 5.39. The molecule has 1 N–H and O–H groups in total. The minimum Gasteiger partial charge on any atom is -0.321 e. The van der Waals surface area contributed by atoms with Crippen LogP contribution >= 0.6 is 11.3 Å². The molecular weight excluding hydrogens is 370 g/mol. The molecule has 1 saturated heterocycles. The summed E-state index contributed by atoms with van der Waals surface area (Å²) in [6.45, 7) is 3.17. The average molecular weight is 390 g/mol. The molecule has 2 heterocycles. The van der Waals surface area contributed by atoms with Gasteiger partial charge in [-0.2, -0.15) is 9.57 Å². The molecule has 0 atom stereocenters. The summed E-state index contributed by atoms with van der Waals surface area (Å²) in [5.41, 5.74) is 1.06. The summed E-state index contributed by atoms with van der Waals surface area (Å²) >= 11 is 1.11. The molecule has 1 aromatic heterocycles. The zero-order chi connectivity index (χ0) is 18.7. The second-order valence-electron chi connectivity index (χ2n) is 6.38. The first-order valence-electron chi connectivity index (χ1n) is 8.30. The zero-order valence-electron chi connectivity index (χ0n) is 14.3. The number of piperidine rings is 1. The van der Waals surface area contributed by atoms with E-state index in [2.05, 4.69) is 12.2 Å². The Morgan fingerprint density at radius 1 is 1.27 bits per heavy atom. The van der Waals surface area contributed by atoms with E-state index in [4.69, 9.17) is 5.26 Å². The lowest BCUT2D eigenvalue weighted by atomic mass is 10.0. The van der Waals surface area contributed by atoms with Crippen LogP contribution in [0.2, 0.25) is 0 Å². The summed E-state index contributed by atoms with van der Waals surface area (Å²) in [6, 6.07) is 9.93. The van der Waals surface area contributed by atoms with Gasteiger partial charge >= 0.3 is 0 Å². The molecule has 136 valence electrons. The highest BCUT2D eigenvalue weighted by molar-refractivity contribution is 7.89. The minimum absolute atomic E-state index is 0.169. The Hall–Kier alpha value is -2.21. The van der Waals surface area contributed by atoms with Gasteiger partial charge in [0.25, 0.3) is 5.91 Å². The molecule has 1 aliphatic heterocycles. The van der Waals surface area contributed by atoms with Crippen LogP contribution in [-0.4, -0.2) is 31.7 Å². The smallest absolute Gasteiger partial charge is 0.265 e. The Labute approximate surface area is 157 Å². The summed E-state index contributed by atoms with van der Waals surface area (Å²) in [7, 11) is -3.55. The first kappa shape index (κ1) is 18.6. The number of carbonyl (C=O) groups excluding carboxylic acids is 1. The van der Waals surface area contributed by atoms with E-state index in [1.807, 2.05) is 6.07 Å². The monoisotopic (exact) mass is 389 g/mol. The van der Waals surface area contributed by atoms with Crippen LogP contribution in [0.1, 0.15) is 35.0 Å². The van der Waals surface area contributed by atoms with E-state index in [9.17, 15) is 13.2 Å². The van der Waals surface area contributed by atoms with Gasteiger partial charge in [0.2, 0.25) is 10.0 Å². The highest BCUT2D eigenvalue weighted by atomic mass is 32.2. The van der Waals surface area contributed by atoms with Crippen molar-refractivity contribution in [2.45, 2.75) is 24.7 Å². The minimum atomic E-state index is -3.55. The third kappa shape index (κ3) is 3.96. The van der Waals surface area contributed by atoms with Crippen LogP contribution in [0.25, 0.3) is 0 Å². The highest BCUT2D eigenvalue weighted by Gasteiger charge is 2.29. The van der Waals surface area contributed by atoms with Gasteiger partial charge in [-0.05, 0) is 49.1 Å². The van der Waals surface area contributed by atoms with Gasteiger partial charge in [-0.25, -0.2) is 8.42 Å². The van der Waals surface area contributed by atoms with Gasteiger partial charge in [-0.3, -0.25) is 4.79 Å². The molecule has 0 saturated carbocycles. The van der Waals surface area contributed by atoms with Crippen molar-refractivity contribution in [2.75, 3.05) is 18.4 Å². The molecular formula is C18H19N3O3S2. The van der Waals surface area contributed by atoms with E-state index >= 15 is 0 Å². The van der Waals surface area contributed by atoms with Crippen LogP contribution in [0.3, 0.4) is 0 Å². The second kappa shape index (κ2) is 7.58. The Bertz CT molecular complexity index is 935. The van der Waals surface area contributed by atoms with Crippen LogP contribution in [-0.2, 0) is 10.0 Å². The first-order chi connectivity index (χ1) is 12.4. The predicted octanol–water partition coefficient (Wildman–Crippen LogP) is 3.29. The molecule has 0 unspecified atom stereocenters. The van der Waals surface area contributed by atoms with E-state index < -0.39 is 10.0 Å². The maximum atomic E-state index is 12.7. The van der Waals surface area contributed by atoms with Crippen molar-refractivity contribution in [1.29, 1.82) is 5.26 Å². The molecule has 26 heavy (non-hydrogen) atoms. The van der Waals surface area contributed by atoms with Gasteiger partial charge in [0.1, 0.15) is 0 Å². The Morgan fingerprint density at radius 3 is 2.54 bits per heavy atom. The van der Waals surface area contributed by atoms with Crippen molar-refractivity contribution in [2.24, 2.45) is 5.92 Å². The first-order valence-corrected chi connectivity index (χ1v) is 10.6. The predicted molar refractivity (Wildman–Crippen MR) is 101 cm³/mol. The number of sulfonamides is 1. The van der Waals surface area contributed by atoms with Crippen LogP contribution in [0.5, 0.6) is 0 Å². The molecule has 0 aliphatic carbocycles. The molecule has 1 fully saturated rings. The molecule has 0 spiro atoms. The number of hydrogen-bond acceptors (Lipinski definition) is 5. The van der Waals surface area contributed by atoms with Gasteiger partial charge in [0.05, 0.1) is 21.4 Å². The molecule has 1 aliphatic rings.